The van der Waals surface area contributed by atoms with Crippen LogP contribution in [0.4, 0.5) is 0 Å². The van der Waals surface area contributed by atoms with E-state index in [0.29, 0.717) is 19.5 Å². The third-order valence-corrected chi connectivity index (χ3v) is 3.79. The van der Waals surface area contributed by atoms with Crippen LogP contribution in [-0.4, -0.2) is 28.1 Å². The van der Waals surface area contributed by atoms with Crippen LogP contribution >= 0.6 is 0 Å². The van der Waals surface area contributed by atoms with Crippen LogP contribution < -0.4 is 10.9 Å². The van der Waals surface area contributed by atoms with E-state index in [-0.39, 0.29) is 17.9 Å². The van der Waals surface area contributed by atoms with Gasteiger partial charge in [-0.1, -0.05) is 12.5 Å². The van der Waals surface area contributed by atoms with Crippen molar-refractivity contribution in [3.05, 3.63) is 34.2 Å². The molecule has 0 saturated heterocycles. The molecular weight excluding hydrogens is 296 g/mol. The average Bonchev–Trinajstić information content (AvgIpc) is 2.46. The lowest BCUT2D eigenvalue weighted by Gasteiger charge is -2.25. The van der Waals surface area contributed by atoms with Gasteiger partial charge in [0.2, 0.25) is 5.91 Å². The Bertz CT molecular complexity index is 605. The first kappa shape index (κ1) is 18.9. The molecule has 1 aromatic heterocycles. The largest absolute Gasteiger partial charge is 0.481 e. The topological polar surface area (TPSA) is 88.4 Å². The van der Waals surface area contributed by atoms with E-state index >= 15 is 0 Å². The summed E-state index contributed by atoms with van der Waals surface area (Å²) >= 11 is 0. The van der Waals surface area contributed by atoms with Crippen LogP contribution in [0.2, 0.25) is 0 Å². The normalized spacial score (nSPS) is 11.3. The summed E-state index contributed by atoms with van der Waals surface area (Å²) in [7, 11) is 0. The van der Waals surface area contributed by atoms with Crippen molar-refractivity contribution < 1.29 is 14.7 Å². The van der Waals surface area contributed by atoms with E-state index in [2.05, 4.69) is 5.32 Å². The quantitative estimate of drug-likeness (QED) is 0.680. The van der Waals surface area contributed by atoms with E-state index in [1.807, 2.05) is 26.8 Å². The van der Waals surface area contributed by atoms with E-state index in [1.54, 1.807) is 10.6 Å². The Morgan fingerprint density at radius 1 is 1.22 bits per heavy atom. The second-order valence-corrected chi connectivity index (χ2v) is 6.44. The van der Waals surface area contributed by atoms with Crippen LogP contribution in [0.15, 0.2) is 23.0 Å². The summed E-state index contributed by atoms with van der Waals surface area (Å²) in [6.45, 7) is 6.31. The van der Waals surface area contributed by atoms with Gasteiger partial charge in [-0.2, -0.15) is 0 Å². The summed E-state index contributed by atoms with van der Waals surface area (Å²) in [6.07, 6.45) is 2.30. The number of aromatic nitrogens is 1. The van der Waals surface area contributed by atoms with E-state index < -0.39 is 11.4 Å². The Labute approximate surface area is 136 Å². The van der Waals surface area contributed by atoms with Crippen molar-refractivity contribution in [2.75, 3.05) is 6.54 Å². The monoisotopic (exact) mass is 322 g/mol. The van der Waals surface area contributed by atoms with Crippen LogP contribution in [0.5, 0.6) is 0 Å². The number of aliphatic carboxylic acids is 1. The Kier molecular flexibility index (Phi) is 7.00. The molecular formula is C17H26N2O4. The number of nitrogens with one attached hydrogen (secondary N) is 1. The Morgan fingerprint density at radius 2 is 1.91 bits per heavy atom. The molecule has 0 aliphatic heterocycles. The fraction of sp³-hybridized carbons (Fsp3) is 0.588. The molecule has 2 N–H and O–H groups in total. The minimum absolute atomic E-state index is 0.106. The number of hydrogen-bond acceptors (Lipinski definition) is 3. The standard InChI is InChI=1S/C17H26N2O4/c1-13-8-7-9-14(20)19(13)12-17(2,3)16(23)18-11-6-4-5-10-15(21)22/h7-9H,4-6,10-12H2,1-3H3,(H,18,23)(H,21,22). The number of carbonyl (C=O) groups is 2. The minimum Gasteiger partial charge on any atom is -0.481 e. The summed E-state index contributed by atoms with van der Waals surface area (Å²) in [4.78, 5) is 34.6. The number of nitrogens with zero attached hydrogens (tertiary/aromatic N) is 1. The maximum absolute atomic E-state index is 12.3. The van der Waals surface area contributed by atoms with E-state index in [9.17, 15) is 14.4 Å². The van der Waals surface area contributed by atoms with Gasteiger partial charge >= 0.3 is 5.97 Å². The molecule has 0 bridgehead atoms. The van der Waals surface area contributed by atoms with E-state index in [4.69, 9.17) is 5.11 Å². The third kappa shape index (κ3) is 6.26. The zero-order chi connectivity index (χ0) is 17.5. The van der Waals surface area contributed by atoms with Crippen LogP contribution in [0.25, 0.3) is 0 Å². The molecule has 1 amide bonds. The molecule has 0 atom stereocenters. The van der Waals surface area contributed by atoms with Gasteiger partial charge in [0.05, 0.1) is 5.41 Å². The molecule has 1 rings (SSSR count). The van der Waals surface area contributed by atoms with E-state index in [0.717, 1.165) is 18.5 Å². The Morgan fingerprint density at radius 3 is 2.52 bits per heavy atom. The molecule has 0 spiro atoms. The second-order valence-electron chi connectivity index (χ2n) is 6.44. The minimum atomic E-state index is -0.793. The molecule has 6 heteroatoms. The molecule has 6 nitrogen and oxygen atoms in total. The van der Waals surface area contributed by atoms with Gasteiger partial charge in [-0.05, 0) is 39.7 Å². The van der Waals surface area contributed by atoms with E-state index in [1.165, 1.54) is 6.07 Å². The summed E-state index contributed by atoms with van der Waals surface area (Å²) in [5, 5.41) is 11.4. The van der Waals surface area contributed by atoms with Gasteiger partial charge in [-0.3, -0.25) is 14.4 Å². The van der Waals surface area contributed by atoms with Crippen LogP contribution in [0, 0.1) is 12.3 Å². The van der Waals surface area contributed by atoms with Crippen molar-refractivity contribution in [1.29, 1.82) is 0 Å². The zero-order valence-electron chi connectivity index (χ0n) is 14.1. The molecule has 0 unspecified atom stereocenters. The van der Waals surface area contributed by atoms with Gasteiger partial charge in [0.15, 0.2) is 0 Å². The molecule has 1 aromatic rings. The first-order chi connectivity index (χ1) is 10.7. The van der Waals surface area contributed by atoms with Gasteiger partial charge in [0.25, 0.3) is 5.56 Å². The number of pyridine rings is 1. The van der Waals surface area contributed by atoms with Crippen LogP contribution in [0.1, 0.15) is 45.2 Å². The van der Waals surface area contributed by atoms with Gasteiger partial charge in [-0.25, -0.2) is 0 Å². The van der Waals surface area contributed by atoms with Crippen molar-refractivity contribution in [3.63, 3.8) is 0 Å². The van der Waals surface area contributed by atoms with Gasteiger partial charge in [0, 0.05) is 31.3 Å². The molecule has 0 aliphatic carbocycles. The maximum atomic E-state index is 12.3. The molecule has 1 heterocycles. The summed E-state index contributed by atoms with van der Waals surface area (Å²) in [5.74, 6) is -0.898. The summed E-state index contributed by atoms with van der Waals surface area (Å²) < 4.78 is 1.60. The van der Waals surface area contributed by atoms with Crippen molar-refractivity contribution in [3.8, 4) is 0 Å². The van der Waals surface area contributed by atoms with Gasteiger partial charge in [0.1, 0.15) is 0 Å². The Hall–Kier alpha value is -2.11. The molecule has 0 radical (unpaired) electrons. The highest BCUT2D eigenvalue weighted by Gasteiger charge is 2.28. The predicted octanol–water partition coefficient (Wildman–Crippen LogP) is 1.94. The molecule has 0 saturated carbocycles. The molecule has 23 heavy (non-hydrogen) atoms. The smallest absolute Gasteiger partial charge is 0.303 e. The highest BCUT2D eigenvalue weighted by molar-refractivity contribution is 5.81. The second kappa shape index (κ2) is 8.50. The summed E-state index contributed by atoms with van der Waals surface area (Å²) in [5.41, 5.74) is 0.0170. The summed E-state index contributed by atoms with van der Waals surface area (Å²) in [6, 6.07) is 5.04. The lowest BCUT2D eigenvalue weighted by atomic mass is 9.91. The van der Waals surface area contributed by atoms with Crippen LogP contribution in [-0.2, 0) is 16.1 Å². The molecule has 0 fully saturated rings. The number of carbonyl (C=O) groups excluding carboxylic acids is 1. The van der Waals surface area contributed by atoms with Gasteiger partial charge in [-0.15, -0.1) is 0 Å². The highest BCUT2D eigenvalue weighted by Crippen LogP contribution is 2.18. The number of aryl methyl sites for hydroxylation is 1. The Balaban J connectivity index is 2.48. The molecule has 0 aliphatic rings. The zero-order valence-corrected chi connectivity index (χ0v) is 14.1. The van der Waals surface area contributed by atoms with Crippen molar-refractivity contribution in [1.82, 2.24) is 9.88 Å². The number of amides is 1. The third-order valence-electron chi connectivity index (χ3n) is 3.79. The molecule has 128 valence electrons. The fourth-order valence-electron chi connectivity index (χ4n) is 2.31. The fourth-order valence-corrected chi connectivity index (χ4v) is 2.31. The number of rotatable bonds is 9. The highest BCUT2D eigenvalue weighted by atomic mass is 16.4. The van der Waals surface area contributed by atoms with Crippen molar-refractivity contribution in [2.24, 2.45) is 5.41 Å². The number of carboxylic acid groups (broad SMARTS) is 1. The number of carboxylic acids is 1. The van der Waals surface area contributed by atoms with Gasteiger partial charge < -0.3 is 15.0 Å². The van der Waals surface area contributed by atoms with Crippen molar-refractivity contribution in [2.45, 2.75) is 53.0 Å². The lowest BCUT2D eigenvalue weighted by Crippen LogP contribution is -2.42. The SMILES string of the molecule is Cc1cccc(=O)n1CC(C)(C)C(=O)NCCCCCC(=O)O. The van der Waals surface area contributed by atoms with Crippen LogP contribution in [0.3, 0.4) is 0 Å². The lowest BCUT2D eigenvalue weighted by molar-refractivity contribution is -0.137. The van der Waals surface area contributed by atoms with Crippen molar-refractivity contribution >= 4 is 11.9 Å². The predicted molar refractivity (Wildman–Crippen MR) is 88.3 cm³/mol. The number of unbranched alkanes of at least 4 members (excludes halogenated alkanes) is 2. The first-order valence-electron chi connectivity index (χ1n) is 7.90. The average molecular weight is 322 g/mol. The number of hydrogen-bond donors (Lipinski definition) is 2. The maximum Gasteiger partial charge on any atom is 0.303 e. The molecule has 0 aromatic carbocycles. The first-order valence-corrected chi connectivity index (χ1v) is 7.90.